The number of aromatic nitrogens is 2. The van der Waals surface area contributed by atoms with Crippen LogP contribution in [0, 0.1) is 0 Å². The van der Waals surface area contributed by atoms with Gasteiger partial charge in [0.2, 0.25) is 0 Å². The van der Waals surface area contributed by atoms with Crippen molar-refractivity contribution < 1.29 is 5.11 Å². The van der Waals surface area contributed by atoms with Gasteiger partial charge in [0, 0.05) is 24.8 Å². The van der Waals surface area contributed by atoms with Crippen LogP contribution in [0.4, 0.5) is 0 Å². The lowest BCUT2D eigenvalue weighted by molar-refractivity contribution is 0.137. The van der Waals surface area contributed by atoms with Crippen molar-refractivity contribution in [2.45, 2.75) is 25.0 Å². The second kappa shape index (κ2) is 3.47. The van der Waals surface area contributed by atoms with E-state index in [0.717, 1.165) is 24.9 Å². The zero-order valence-electron chi connectivity index (χ0n) is 7.77. The molecule has 4 nitrogen and oxygen atoms in total. The molecular formula is C9H15N3O. The minimum Gasteiger partial charge on any atom is -0.387 e. The van der Waals surface area contributed by atoms with Crippen LogP contribution in [0.2, 0.25) is 0 Å². The number of nitrogens with zero attached hydrogens (tertiary/aromatic N) is 2. The summed E-state index contributed by atoms with van der Waals surface area (Å²) >= 11 is 0. The van der Waals surface area contributed by atoms with Crippen LogP contribution in [0.3, 0.4) is 0 Å². The molecule has 2 N–H and O–H groups in total. The molecule has 1 fully saturated rings. The van der Waals surface area contributed by atoms with Gasteiger partial charge in [0.1, 0.15) is 0 Å². The standard InChI is InChI=1S/C9H15N3O/c1-12-6-7(5-11-12)9(13)8-3-2-4-10-8/h5-6,8-10,13H,2-4H2,1H3. The maximum Gasteiger partial charge on any atom is 0.0973 e. The van der Waals surface area contributed by atoms with E-state index in [1.54, 1.807) is 10.9 Å². The van der Waals surface area contributed by atoms with E-state index in [1.807, 2.05) is 13.2 Å². The van der Waals surface area contributed by atoms with Gasteiger partial charge in [0.05, 0.1) is 12.3 Å². The molecule has 4 heteroatoms. The molecule has 0 amide bonds. The number of nitrogens with one attached hydrogen (secondary N) is 1. The molecule has 13 heavy (non-hydrogen) atoms. The van der Waals surface area contributed by atoms with Crippen LogP contribution in [-0.4, -0.2) is 27.5 Å². The van der Waals surface area contributed by atoms with E-state index in [4.69, 9.17) is 0 Å². The summed E-state index contributed by atoms with van der Waals surface area (Å²) in [5.74, 6) is 0. The van der Waals surface area contributed by atoms with Crippen molar-refractivity contribution in [2.75, 3.05) is 6.54 Å². The topological polar surface area (TPSA) is 50.1 Å². The van der Waals surface area contributed by atoms with Crippen LogP contribution in [-0.2, 0) is 7.05 Å². The Hall–Kier alpha value is -0.870. The molecule has 0 radical (unpaired) electrons. The zero-order valence-corrected chi connectivity index (χ0v) is 7.77. The highest BCUT2D eigenvalue weighted by Gasteiger charge is 2.24. The fourth-order valence-electron chi connectivity index (χ4n) is 1.81. The molecule has 1 aliphatic rings. The average molecular weight is 181 g/mol. The lowest BCUT2D eigenvalue weighted by atomic mass is 10.0. The van der Waals surface area contributed by atoms with Gasteiger partial charge in [-0.25, -0.2) is 0 Å². The number of hydrogen-bond acceptors (Lipinski definition) is 3. The summed E-state index contributed by atoms with van der Waals surface area (Å²) in [5.41, 5.74) is 0.905. The highest BCUT2D eigenvalue weighted by Crippen LogP contribution is 2.21. The van der Waals surface area contributed by atoms with E-state index in [2.05, 4.69) is 10.4 Å². The summed E-state index contributed by atoms with van der Waals surface area (Å²) in [5, 5.41) is 17.2. The maximum atomic E-state index is 9.92. The minimum absolute atomic E-state index is 0.212. The van der Waals surface area contributed by atoms with Crippen LogP contribution in [0.15, 0.2) is 12.4 Å². The van der Waals surface area contributed by atoms with Gasteiger partial charge >= 0.3 is 0 Å². The second-order valence-corrected chi connectivity index (χ2v) is 3.60. The first kappa shape index (κ1) is 8.72. The number of aliphatic hydroxyl groups is 1. The third-order valence-electron chi connectivity index (χ3n) is 2.55. The highest BCUT2D eigenvalue weighted by molar-refractivity contribution is 5.11. The van der Waals surface area contributed by atoms with Crippen molar-refractivity contribution in [3.63, 3.8) is 0 Å². The Morgan fingerprint density at radius 1 is 1.77 bits per heavy atom. The first-order valence-electron chi connectivity index (χ1n) is 4.67. The van der Waals surface area contributed by atoms with E-state index in [9.17, 15) is 5.11 Å². The fourth-order valence-corrected chi connectivity index (χ4v) is 1.81. The second-order valence-electron chi connectivity index (χ2n) is 3.60. The van der Waals surface area contributed by atoms with Crippen molar-refractivity contribution in [2.24, 2.45) is 7.05 Å². The first-order valence-corrected chi connectivity index (χ1v) is 4.67. The molecule has 0 saturated carbocycles. The van der Waals surface area contributed by atoms with E-state index in [1.165, 1.54) is 0 Å². The monoisotopic (exact) mass is 181 g/mol. The fraction of sp³-hybridized carbons (Fsp3) is 0.667. The highest BCUT2D eigenvalue weighted by atomic mass is 16.3. The number of aliphatic hydroxyl groups excluding tert-OH is 1. The Kier molecular flexibility index (Phi) is 2.33. The third-order valence-corrected chi connectivity index (χ3v) is 2.55. The Morgan fingerprint density at radius 2 is 2.62 bits per heavy atom. The SMILES string of the molecule is Cn1cc(C(O)C2CCCN2)cn1. The van der Waals surface area contributed by atoms with Crippen molar-refractivity contribution in [1.82, 2.24) is 15.1 Å². The molecule has 2 heterocycles. The van der Waals surface area contributed by atoms with E-state index >= 15 is 0 Å². The van der Waals surface area contributed by atoms with E-state index in [-0.39, 0.29) is 6.04 Å². The molecule has 2 unspecified atom stereocenters. The van der Waals surface area contributed by atoms with Crippen LogP contribution < -0.4 is 5.32 Å². The molecule has 0 aromatic carbocycles. The summed E-state index contributed by atoms with van der Waals surface area (Å²) < 4.78 is 1.72. The normalized spacial score (nSPS) is 24.9. The quantitative estimate of drug-likeness (QED) is 0.685. The molecule has 2 rings (SSSR count). The Labute approximate surface area is 77.6 Å². The molecule has 0 aliphatic carbocycles. The van der Waals surface area contributed by atoms with Crippen LogP contribution in [0.25, 0.3) is 0 Å². The first-order chi connectivity index (χ1) is 6.27. The number of aryl methyl sites for hydroxylation is 1. The third kappa shape index (κ3) is 1.73. The largest absolute Gasteiger partial charge is 0.387 e. The summed E-state index contributed by atoms with van der Waals surface area (Å²) in [6.45, 7) is 1.02. The Bertz CT molecular complexity index is 278. The smallest absolute Gasteiger partial charge is 0.0973 e. The lowest BCUT2D eigenvalue weighted by Crippen LogP contribution is -2.28. The molecule has 1 aromatic heterocycles. The maximum absolute atomic E-state index is 9.92. The van der Waals surface area contributed by atoms with Crippen molar-refractivity contribution >= 4 is 0 Å². The summed E-state index contributed by atoms with van der Waals surface area (Å²) in [7, 11) is 1.86. The average Bonchev–Trinajstić information content (AvgIpc) is 2.72. The van der Waals surface area contributed by atoms with Gasteiger partial charge in [-0.05, 0) is 19.4 Å². The summed E-state index contributed by atoms with van der Waals surface area (Å²) in [4.78, 5) is 0. The van der Waals surface area contributed by atoms with Crippen LogP contribution in [0.5, 0.6) is 0 Å². The molecule has 2 atom stereocenters. The Morgan fingerprint density at radius 3 is 3.15 bits per heavy atom. The molecule has 72 valence electrons. The number of rotatable bonds is 2. The molecule has 0 spiro atoms. The molecule has 1 aliphatic heterocycles. The van der Waals surface area contributed by atoms with Crippen molar-refractivity contribution in [3.8, 4) is 0 Å². The van der Waals surface area contributed by atoms with Crippen LogP contribution >= 0.6 is 0 Å². The van der Waals surface area contributed by atoms with Gasteiger partial charge < -0.3 is 10.4 Å². The molecule has 0 bridgehead atoms. The van der Waals surface area contributed by atoms with Gasteiger partial charge in [0.15, 0.2) is 0 Å². The Balaban J connectivity index is 2.07. The molecule has 1 saturated heterocycles. The van der Waals surface area contributed by atoms with Crippen molar-refractivity contribution in [3.05, 3.63) is 18.0 Å². The summed E-state index contributed by atoms with van der Waals surface area (Å²) in [6, 6.07) is 0.212. The predicted molar refractivity (Wildman–Crippen MR) is 49.2 cm³/mol. The molecular weight excluding hydrogens is 166 g/mol. The van der Waals surface area contributed by atoms with Gasteiger partial charge in [-0.2, -0.15) is 5.10 Å². The van der Waals surface area contributed by atoms with Crippen molar-refractivity contribution in [1.29, 1.82) is 0 Å². The zero-order chi connectivity index (χ0) is 9.26. The molecule has 1 aromatic rings. The van der Waals surface area contributed by atoms with Gasteiger partial charge in [-0.3, -0.25) is 4.68 Å². The minimum atomic E-state index is -0.406. The number of hydrogen-bond donors (Lipinski definition) is 2. The van der Waals surface area contributed by atoms with Gasteiger partial charge in [-0.15, -0.1) is 0 Å². The summed E-state index contributed by atoms with van der Waals surface area (Å²) in [6.07, 6.45) is 5.39. The van der Waals surface area contributed by atoms with Gasteiger partial charge in [0.25, 0.3) is 0 Å². The van der Waals surface area contributed by atoms with E-state index in [0.29, 0.717) is 0 Å². The van der Waals surface area contributed by atoms with Gasteiger partial charge in [-0.1, -0.05) is 0 Å². The predicted octanol–water partition coefficient (Wildman–Crippen LogP) is 0.205. The van der Waals surface area contributed by atoms with Crippen LogP contribution in [0.1, 0.15) is 24.5 Å². The van der Waals surface area contributed by atoms with E-state index < -0.39 is 6.10 Å². The lowest BCUT2D eigenvalue weighted by Gasteiger charge is -2.16.